The summed E-state index contributed by atoms with van der Waals surface area (Å²) in [6.07, 6.45) is -2.11. The number of carboxylic acids is 1. The second kappa shape index (κ2) is 13.1. The molecule has 0 aliphatic rings. The highest BCUT2D eigenvalue weighted by Crippen LogP contribution is 2.32. The van der Waals surface area contributed by atoms with Crippen molar-refractivity contribution in [1.82, 2.24) is 5.32 Å². The lowest BCUT2D eigenvalue weighted by Crippen LogP contribution is -2.43. The number of hydrogen-bond acceptors (Lipinski definition) is 7. The third-order valence-corrected chi connectivity index (χ3v) is 5.72. The van der Waals surface area contributed by atoms with Gasteiger partial charge in [0.05, 0.1) is 29.1 Å². The molecular formula is C29H31N3O7. The zero-order valence-corrected chi connectivity index (χ0v) is 21.9. The lowest BCUT2D eigenvalue weighted by molar-refractivity contribution is 0.0696. The molecule has 0 aromatic heterocycles. The van der Waals surface area contributed by atoms with Gasteiger partial charge in [-0.2, -0.15) is 0 Å². The average Bonchev–Trinajstić information content (AvgIpc) is 2.89. The number of benzene rings is 3. The minimum Gasteiger partial charge on any atom is -0.478 e. The Morgan fingerprint density at radius 1 is 0.923 bits per heavy atom. The van der Waals surface area contributed by atoms with Crippen LogP contribution in [0.15, 0.2) is 66.7 Å². The molecule has 0 spiro atoms. The summed E-state index contributed by atoms with van der Waals surface area (Å²) in [7, 11) is 0. The zero-order chi connectivity index (χ0) is 28.5. The van der Waals surface area contributed by atoms with E-state index in [1.807, 2.05) is 24.3 Å². The SMILES string of the molecule is Cc1cc(C(=O)[C@H](Cc2ccccc2)NC(=O)OCc2ccccc2)c(N)c(NC(=O)OC(C)C)c1C(=O)O. The minimum atomic E-state index is -1.35. The number of ether oxygens (including phenoxy) is 2. The number of Topliss-reactive ketones (excluding diaryl/α,β-unsaturated/α-hetero) is 1. The van der Waals surface area contributed by atoms with Crippen LogP contribution in [-0.2, 0) is 22.5 Å². The molecule has 0 heterocycles. The number of anilines is 2. The summed E-state index contributed by atoms with van der Waals surface area (Å²) in [5.41, 5.74) is 7.11. The number of carbonyl (C=O) groups excluding carboxylic acids is 3. The van der Waals surface area contributed by atoms with E-state index < -0.39 is 36.1 Å². The number of rotatable bonds is 10. The van der Waals surface area contributed by atoms with Gasteiger partial charge in [-0.1, -0.05) is 60.7 Å². The molecule has 2 amide bonds. The molecule has 1 atom stereocenters. The molecule has 0 fully saturated rings. The Kier molecular flexibility index (Phi) is 9.63. The number of amides is 2. The molecule has 3 aromatic rings. The fraction of sp³-hybridized carbons (Fsp3) is 0.241. The van der Waals surface area contributed by atoms with Crippen molar-refractivity contribution in [2.75, 3.05) is 11.1 Å². The van der Waals surface area contributed by atoms with Gasteiger partial charge in [-0.15, -0.1) is 0 Å². The number of carboxylic acid groups (broad SMARTS) is 1. The van der Waals surface area contributed by atoms with E-state index in [2.05, 4.69) is 10.6 Å². The van der Waals surface area contributed by atoms with E-state index >= 15 is 0 Å². The summed E-state index contributed by atoms with van der Waals surface area (Å²) in [6, 6.07) is 18.3. The van der Waals surface area contributed by atoms with Gasteiger partial charge in [0.25, 0.3) is 0 Å². The number of alkyl carbamates (subject to hydrolysis) is 1. The van der Waals surface area contributed by atoms with Gasteiger partial charge in [-0.25, -0.2) is 14.4 Å². The minimum absolute atomic E-state index is 0.000489. The van der Waals surface area contributed by atoms with Crippen molar-refractivity contribution in [3.05, 3.63) is 94.5 Å². The molecule has 0 saturated heterocycles. The molecule has 3 rings (SSSR count). The first-order chi connectivity index (χ1) is 18.6. The van der Waals surface area contributed by atoms with Crippen LogP contribution in [0.1, 0.15) is 51.3 Å². The normalized spacial score (nSPS) is 11.4. The van der Waals surface area contributed by atoms with Gasteiger partial charge < -0.3 is 25.6 Å². The zero-order valence-electron chi connectivity index (χ0n) is 21.9. The van der Waals surface area contributed by atoms with E-state index in [1.54, 1.807) is 50.2 Å². The Morgan fingerprint density at radius 2 is 1.51 bits per heavy atom. The molecular weight excluding hydrogens is 502 g/mol. The van der Waals surface area contributed by atoms with Gasteiger partial charge in [-0.05, 0) is 43.5 Å². The molecule has 10 heteroatoms. The molecule has 10 nitrogen and oxygen atoms in total. The lowest BCUT2D eigenvalue weighted by atomic mass is 9.92. The van der Waals surface area contributed by atoms with Crippen molar-refractivity contribution in [2.24, 2.45) is 0 Å². The highest BCUT2D eigenvalue weighted by Gasteiger charge is 2.29. The van der Waals surface area contributed by atoms with Crippen molar-refractivity contribution < 1.29 is 33.8 Å². The number of nitrogen functional groups attached to an aromatic ring is 1. The average molecular weight is 534 g/mol. The van der Waals surface area contributed by atoms with Crippen LogP contribution in [0.5, 0.6) is 0 Å². The second-order valence-electron chi connectivity index (χ2n) is 9.10. The van der Waals surface area contributed by atoms with Crippen LogP contribution in [-0.4, -0.2) is 41.2 Å². The van der Waals surface area contributed by atoms with Crippen molar-refractivity contribution in [1.29, 1.82) is 0 Å². The van der Waals surface area contributed by atoms with Gasteiger partial charge >= 0.3 is 18.2 Å². The van der Waals surface area contributed by atoms with Crippen LogP contribution in [0.3, 0.4) is 0 Å². The summed E-state index contributed by atoms with van der Waals surface area (Å²) in [4.78, 5) is 50.8. The molecule has 204 valence electrons. The van der Waals surface area contributed by atoms with Crippen LogP contribution >= 0.6 is 0 Å². The Hall–Kier alpha value is -4.86. The van der Waals surface area contributed by atoms with Gasteiger partial charge in [0.2, 0.25) is 0 Å². The summed E-state index contributed by atoms with van der Waals surface area (Å²) in [6.45, 7) is 4.73. The van der Waals surface area contributed by atoms with Gasteiger partial charge in [0.1, 0.15) is 6.61 Å². The topological polar surface area (TPSA) is 157 Å². The smallest absolute Gasteiger partial charge is 0.411 e. The highest BCUT2D eigenvalue weighted by atomic mass is 16.6. The molecule has 0 radical (unpaired) electrons. The highest BCUT2D eigenvalue weighted by molar-refractivity contribution is 6.12. The summed E-state index contributed by atoms with van der Waals surface area (Å²) < 4.78 is 10.4. The van der Waals surface area contributed by atoms with Gasteiger partial charge in [-0.3, -0.25) is 10.1 Å². The molecule has 0 bridgehead atoms. The molecule has 0 aliphatic heterocycles. The fourth-order valence-electron chi connectivity index (χ4n) is 3.94. The Bertz CT molecular complexity index is 1340. The predicted molar refractivity (Wildman–Crippen MR) is 146 cm³/mol. The third kappa shape index (κ3) is 7.81. The number of aryl methyl sites for hydroxylation is 1. The molecule has 5 N–H and O–H groups in total. The van der Waals surface area contributed by atoms with Crippen LogP contribution in [0, 0.1) is 6.92 Å². The number of aromatic carboxylic acids is 1. The molecule has 0 saturated carbocycles. The maximum atomic E-state index is 13.8. The lowest BCUT2D eigenvalue weighted by Gasteiger charge is -2.21. The number of nitrogens with one attached hydrogen (secondary N) is 2. The molecule has 3 aromatic carbocycles. The predicted octanol–water partition coefficient (Wildman–Crippen LogP) is 4.95. The summed E-state index contributed by atoms with van der Waals surface area (Å²) in [5.74, 6) is -1.94. The fourth-order valence-corrected chi connectivity index (χ4v) is 3.94. The largest absolute Gasteiger partial charge is 0.478 e. The van der Waals surface area contributed by atoms with Crippen molar-refractivity contribution >= 4 is 35.3 Å². The maximum Gasteiger partial charge on any atom is 0.411 e. The van der Waals surface area contributed by atoms with E-state index in [1.165, 1.54) is 13.0 Å². The second-order valence-corrected chi connectivity index (χ2v) is 9.10. The van der Waals surface area contributed by atoms with E-state index in [0.29, 0.717) is 0 Å². The van der Waals surface area contributed by atoms with E-state index in [4.69, 9.17) is 15.2 Å². The third-order valence-electron chi connectivity index (χ3n) is 5.72. The first-order valence-electron chi connectivity index (χ1n) is 12.3. The van der Waals surface area contributed by atoms with Crippen molar-refractivity contribution in [3.63, 3.8) is 0 Å². The first kappa shape index (κ1) is 28.7. The maximum absolute atomic E-state index is 13.8. The molecule has 39 heavy (non-hydrogen) atoms. The standard InChI is InChI=1S/C29H31N3O7/c1-17(2)39-29(37)32-25-23(27(34)35)18(3)14-21(24(25)30)26(33)22(15-19-10-6-4-7-11-19)31-28(36)38-16-20-12-8-5-9-13-20/h4-14,17,22H,15-16,30H2,1-3H3,(H,31,36)(H,32,37)(H,34,35)/t22-/m0/s1. The quantitative estimate of drug-likeness (QED) is 0.211. The van der Waals surface area contributed by atoms with Gasteiger partial charge in [0, 0.05) is 12.0 Å². The number of ketones is 1. The van der Waals surface area contributed by atoms with E-state index in [0.717, 1.165) is 11.1 Å². The van der Waals surface area contributed by atoms with Crippen LogP contribution in [0.4, 0.5) is 21.0 Å². The first-order valence-corrected chi connectivity index (χ1v) is 12.3. The van der Waals surface area contributed by atoms with Crippen LogP contribution in [0.2, 0.25) is 0 Å². The molecule has 0 unspecified atom stereocenters. The Labute approximate surface area is 226 Å². The number of nitrogens with two attached hydrogens (primary N) is 1. The van der Waals surface area contributed by atoms with Crippen LogP contribution in [0.25, 0.3) is 0 Å². The van der Waals surface area contributed by atoms with Crippen molar-refractivity contribution in [2.45, 2.75) is 45.9 Å². The summed E-state index contributed by atoms with van der Waals surface area (Å²) >= 11 is 0. The van der Waals surface area contributed by atoms with Gasteiger partial charge in [0.15, 0.2) is 5.78 Å². The Balaban J connectivity index is 1.95. The molecule has 0 aliphatic carbocycles. The van der Waals surface area contributed by atoms with Crippen molar-refractivity contribution in [3.8, 4) is 0 Å². The Morgan fingerprint density at radius 3 is 2.08 bits per heavy atom. The summed E-state index contributed by atoms with van der Waals surface area (Å²) in [5, 5.41) is 14.7. The number of hydrogen-bond donors (Lipinski definition) is 4. The van der Waals surface area contributed by atoms with Crippen LogP contribution < -0.4 is 16.4 Å². The number of carbonyl (C=O) groups is 4. The van der Waals surface area contributed by atoms with E-state index in [-0.39, 0.29) is 41.1 Å². The monoisotopic (exact) mass is 533 g/mol. The van der Waals surface area contributed by atoms with E-state index in [9.17, 15) is 24.3 Å².